The van der Waals surface area contributed by atoms with Crippen molar-refractivity contribution in [2.45, 2.75) is 17.4 Å². The van der Waals surface area contributed by atoms with Gasteiger partial charge in [0.15, 0.2) is 0 Å². The van der Waals surface area contributed by atoms with Crippen LogP contribution in [0.15, 0.2) is 57.9 Å². The highest BCUT2D eigenvalue weighted by atomic mass is 79.9. The normalized spacial score (nSPS) is 17.6. The molecule has 1 aliphatic rings. The molecule has 1 saturated heterocycles. The SMILES string of the molecule is O=S(=O)(c1ccc(F)cc1)N1CCCN(CC(O)COc2cccc(Br)c2)CC1. The molecule has 1 atom stereocenters. The summed E-state index contributed by atoms with van der Waals surface area (Å²) in [5.74, 6) is 0.205. The van der Waals surface area contributed by atoms with E-state index >= 15 is 0 Å². The maximum atomic E-state index is 13.1. The van der Waals surface area contributed by atoms with Crippen LogP contribution in [-0.2, 0) is 10.0 Å². The molecule has 0 aromatic heterocycles. The Morgan fingerprint density at radius 1 is 1.10 bits per heavy atom. The van der Waals surface area contributed by atoms with Gasteiger partial charge < -0.3 is 9.84 Å². The van der Waals surface area contributed by atoms with Crippen LogP contribution in [0.5, 0.6) is 5.75 Å². The van der Waals surface area contributed by atoms with E-state index in [4.69, 9.17) is 4.74 Å². The summed E-state index contributed by atoms with van der Waals surface area (Å²) < 4.78 is 46.6. The van der Waals surface area contributed by atoms with E-state index in [1.807, 2.05) is 29.2 Å². The zero-order chi connectivity index (χ0) is 20.9. The summed E-state index contributed by atoms with van der Waals surface area (Å²) in [6.45, 7) is 2.46. The fourth-order valence-electron chi connectivity index (χ4n) is 3.23. The first-order valence-electron chi connectivity index (χ1n) is 9.39. The Morgan fingerprint density at radius 3 is 2.59 bits per heavy atom. The highest BCUT2D eigenvalue weighted by Crippen LogP contribution is 2.19. The molecule has 0 amide bonds. The van der Waals surface area contributed by atoms with Gasteiger partial charge in [0.05, 0.1) is 4.90 Å². The number of hydrogen-bond donors (Lipinski definition) is 1. The third-order valence-electron chi connectivity index (χ3n) is 4.71. The number of ether oxygens (including phenoxy) is 1. The van der Waals surface area contributed by atoms with Crippen molar-refractivity contribution in [1.82, 2.24) is 9.21 Å². The summed E-state index contributed by atoms with van der Waals surface area (Å²) in [5, 5.41) is 10.3. The number of rotatable bonds is 7. The zero-order valence-corrected chi connectivity index (χ0v) is 18.3. The molecule has 29 heavy (non-hydrogen) atoms. The molecular weight excluding hydrogens is 463 g/mol. The van der Waals surface area contributed by atoms with E-state index < -0.39 is 21.9 Å². The molecule has 1 aliphatic heterocycles. The number of sulfonamides is 1. The fourth-order valence-corrected chi connectivity index (χ4v) is 5.07. The fraction of sp³-hybridized carbons (Fsp3) is 0.400. The number of aliphatic hydroxyl groups is 1. The molecular formula is C20H24BrFN2O4S. The molecule has 2 aromatic rings. The van der Waals surface area contributed by atoms with Gasteiger partial charge in [-0.25, -0.2) is 12.8 Å². The van der Waals surface area contributed by atoms with Crippen LogP contribution in [0.1, 0.15) is 6.42 Å². The predicted octanol–water partition coefficient (Wildman–Crippen LogP) is 2.72. The zero-order valence-electron chi connectivity index (χ0n) is 15.9. The van der Waals surface area contributed by atoms with E-state index in [0.717, 1.165) is 16.6 Å². The number of nitrogens with zero attached hydrogens (tertiary/aromatic N) is 2. The van der Waals surface area contributed by atoms with Gasteiger partial charge in [-0.1, -0.05) is 22.0 Å². The van der Waals surface area contributed by atoms with Crippen molar-refractivity contribution in [3.05, 3.63) is 58.8 Å². The van der Waals surface area contributed by atoms with Crippen LogP contribution in [0.4, 0.5) is 4.39 Å². The maximum Gasteiger partial charge on any atom is 0.243 e. The summed E-state index contributed by atoms with van der Waals surface area (Å²) >= 11 is 3.38. The van der Waals surface area contributed by atoms with Gasteiger partial charge in [-0.3, -0.25) is 4.90 Å². The molecule has 0 bridgehead atoms. The Morgan fingerprint density at radius 2 is 1.86 bits per heavy atom. The first-order valence-corrected chi connectivity index (χ1v) is 11.6. The van der Waals surface area contributed by atoms with Crippen molar-refractivity contribution < 1.29 is 22.7 Å². The number of halogens is 2. The van der Waals surface area contributed by atoms with E-state index in [-0.39, 0.29) is 11.5 Å². The molecule has 0 aliphatic carbocycles. The van der Waals surface area contributed by atoms with Gasteiger partial charge in [0.2, 0.25) is 10.0 Å². The number of β-amino-alcohol motifs (C(OH)–C–C–N with tert-alkyl or cyclic N) is 1. The summed E-state index contributed by atoms with van der Waals surface area (Å²) in [7, 11) is -3.66. The van der Waals surface area contributed by atoms with Crippen LogP contribution in [0, 0.1) is 5.82 Å². The monoisotopic (exact) mass is 486 g/mol. The third-order valence-corrected chi connectivity index (χ3v) is 7.11. The van der Waals surface area contributed by atoms with Crippen LogP contribution in [0.2, 0.25) is 0 Å². The van der Waals surface area contributed by atoms with Gasteiger partial charge in [-0.2, -0.15) is 4.31 Å². The van der Waals surface area contributed by atoms with Crippen molar-refractivity contribution in [3.63, 3.8) is 0 Å². The maximum absolute atomic E-state index is 13.1. The number of aliphatic hydroxyl groups excluding tert-OH is 1. The first-order chi connectivity index (χ1) is 13.8. The third kappa shape index (κ3) is 6.23. The van der Waals surface area contributed by atoms with Crippen molar-refractivity contribution in [3.8, 4) is 5.75 Å². The van der Waals surface area contributed by atoms with Crippen molar-refractivity contribution in [2.24, 2.45) is 0 Å². The van der Waals surface area contributed by atoms with E-state index in [2.05, 4.69) is 15.9 Å². The second kappa shape index (κ2) is 9.99. The van der Waals surface area contributed by atoms with Crippen molar-refractivity contribution in [2.75, 3.05) is 39.3 Å². The van der Waals surface area contributed by atoms with E-state index in [1.165, 1.54) is 16.4 Å². The second-order valence-electron chi connectivity index (χ2n) is 6.93. The lowest BCUT2D eigenvalue weighted by Crippen LogP contribution is -2.39. The molecule has 0 spiro atoms. The summed E-state index contributed by atoms with van der Waals surface area (Å²) in [6, 6.07) is 12.3. The summed E-state index contributed by atoms with van der Waals surface area (Å²) in [5.41, 5.74) is 0. The van der Waals surface area contributed by atoms with Crippen molar-refractivity contribution >= 4 is 26.0 Å². The average Bonchev–Trinajstić information content (AvgIpc) is 2.93. The lowest BCUT2D eigenvalue weighted by molar-refractivity contribution is 0.0699. The Bertz CT molecular complexity index is 911. The predicted molar refractivity (Wildman–Crippen MR) is 112 cm³/mol. The highest BCUT2D eigenvalue weighted by Gasteiger charge is 2.27. The molecule has 158 valence electrons. The van der Waals surface area contributed by atoms with Crippen LogP contribution in [0.25, 0.3) is 0 Å². The van der Waals surface area contributed by atoms with Crippen LogP contribution in [-0.4, -0.2) is 68.2 Å². The first kappa shape index (κ1) is 22.2. The Balaban J connectivity index is 1.52. The largest absolute Gasteiger partial charge is 0.491 e. The van der Waals surface area contributed by atoms with Crippen LogP contribution < -0.4 is 4.74 Å². The quantitative estimate of drug-likeness (QED) is 0.651. The lowest BCUT2D eigenvalue weighted by Gasteiger charge is -2.24. The smallest absolute Gasteiger partial charge is 0.243 e. The summed E-state index contributed by atoms with van der Waals surface area (Å²) in [4.78, 5) is 2.13. The van der Waals surface area contributed by atoms with Gasteiger partial charge in [0, 0.05) is 30.7 Å². The minimum Gasteiger partial charge on any atom is -0.491 e. The number of benzene rings is 2. The molecule has 6 nitrogen and oxygen atoms in total. The molecule has 0 saturated carbocycles. The van der Waals surface area contributed by atoms with E-state index in [9.17, 15) is 17.9 Å². The standard InChI is InChI=1S/C20H24BrFN2O4S/c21-16-3-1-4-19(13-16)28-15-18(25)14-23-9-2-10-24(12-11-23)29(26,27)20-7-5-17(22)6-8-20/h1,3-8,13,18,25H,2,9-12,14-15H2. The average molecular weight is 487 g/mol. The van der Waals surface area contributed by atoms with Crippen molar-refractivity contribution in [1.29, 1.82) is 0 Å². The van der Waals surface area contributed by atoms with Crippen LogP contribution in [0.3, 0.4) is 0 Å². The molecule has 1 N–H and O–H groups in total. The highest BCUT2D eigenvalue weighted by molar-refractivity contribution is 9.10. The molecule has 1 unspecified atom stereocenters. The minimum atomic E-state index is -3.66. The van der Waals surface area contributed by atoms with E-state index in [0.29, 0.717) is 44.9 Å². The van der Waals surface area contributed by atoms with Gasteiger partial charge in [-0.15, -0.1) is 0 Å². The molecule has 1 fully saturated rings. The molecule has 2 aromatic carbocycles. The van der Waals surface area contributed by atoms with E-state index in [1.54, 1.807) is 0 Å². The van der Waals surface area contributed by atoms with Gasteiger partial charge in [0.1, 0.15) is 24.3 Å². The van der Waals surface area contributed by atoms with Gasteiger partial charge >= 0.3 is 0 Å². The summed E-state index contributed by atoms with van der Waals surface area (Å²) in [6.07, 6.45) is -0.0335. The number of hydrogen-bond acceptors (Lipinski definition) is 5. The molecule has 1 heterocycles. The topological polar surface area (TPSA) is 70.1 Å². The minimum absolute atomic E-state index is 0.0924. The molecule has 3 rings (SSSR count). The Hall–Kier alpha value is -1.52. The van der Waals surface area contributed by atoms with Crippen LogP contribution >= 0.6 is 15.9 Å². The second-order valence-corrected chi connectivity index (χ2v) is 9.79. The molecule has 0 radical (unpaired) electrons. The molecule has 9 heteroatoms. The lowest BCUT2D eigenvalue weighted by atomic mass is 10.3. The van der Waals surface area contributed by atoms with Gasteiger partial charge in [0.25, 0.3) is 0 Å². The van der Waals surface area contributed by atoms with Gasteiger partial charge in [-0.05, 0) is 55.4 Å². The Labute approximate surface area is 179 Å². The Kier molecular flexibility index (Phi) is 7.64.